The Hall–Kier alpha value is -2.75. The molecular formula is C23H26F3N3O3S. The van der Waals surface area contributed by atoms with E-state index in [4.69, 9.17) is 0 Å². The molecule has 2 aromatic rings. The van der Waals surface area contributed by atoms with Crippen LogP contribution in [0.5, 0.6) is 0 Å². The summed E-state index contributed by atoms with van der Waals surface area (Å²) >= 11 is 0. The van der Waals surface area contributed by atoms with Crippen LogP contribution >= 0.6 is 0 Å². The zero-order chi connectivity index (χ0) is 24.0. The van der Waals surface area contributed by atoms with E-state index in [0.717, 1.165) is 33.3 Å². The third-order valence-electron chi connectivity index (χ3n) is 6.19. The van der Waals surface area contributed by atoms with Crippen LogP contribution in [0.25, 0.3) is 0 Å². The minimum absolute atomic E-state index is 0.0592. The van der Waals surface area contributed by atoms with E-state index in [0.29, 0.717) is 32.6 Å². The maximum atomic E-state index is 13.8. The smallest absolute Gasteiger partial charge is 0.368 e. The van der Waals surface area contributed by atoms with Gasteiger partial charge in [0.1, 0.15) is 0 Å². The highest BCUT2D eigenvalue weighted by Crippen LogP contribution is 2.37. The quantitative estimate of drug-likeness (QED) is 0.669. The molecule has 0 aliphatic carbocycles. The van der Waals surface area contributed by atoms with Crippen molar-refractivity contribution < 1.29 is 26.4 Å². The highest BCUT2D eigenvalue weighted by atomic mass is 32.2. The zero-order valence-corrected chi connectivity index (χ0v) is 19.3. The molecule has 2 aliphatic rings. The van der Waals surface area contributed by atoms with Crippen molar-refractivity contribution in [1.82, 2.24) is 4.90 Å². The van der Waals surface area contributed by atoms with Crippen LogP contribution in [0.15, 0.2) is 36.4 Å². The number of rotatable bonds is 3. The van der Waals surface area contributed by atoms with Gasteiger partial charge in [0.2, 0.25) is 10.0 Å². The Labute approximate surface area is 191 Å². The fourth-order valence-electron chi connectivity index (χ4n) is 4.52. The van der Waals surface area contributed by atoms with E-state index in [-0.39, 0.29) is 18.0 Å². The summed E-state index contributed by atoms with van der Waals surface area (Å²) in [5, 5.41) is 0. The molecule has 0 unspecified atom stereocenters. The Kier molecular flexibility index (Phi) is 6.07. The van der Waals surface area contributed by atoms with Crippen LogP contribution in [0.1, 0.15) is 33.5 Å². The molecule has 0 N–H and O–H groups in total. The lowest BCUT2D eigenvalue weighted by Gasteiger charge is -2.37. The number of benzene rings is 2. The number of sulfonamides is 1. The van der Waals surface area contributed by atoms with E-state index in [1.807, 2.05) is 26.0 Å². The Morgan fingerprint density at radius 3 is 2.21 bits per heavy atom. The summed E-state index contributed by atoms with van der Waals surface area (Å²) in [7, 11) is -3.63. The Balaban J connectivity index is 1.56. The SMILES string of the molecule is Cc1ccc(N2CCN(C(=O)c3ccc(N4CCCS4(=O)=O)cc3C(F)(F)F)CC2)c(C)c1. The van der Waals surface area contributed by atoms with Crippen molar-refractivity contribution >= 4 is 27.3 Å². The van der Waals surface area contributed by atoms with Crippen LogP contribution in [-0.2, 0) is 16.2 Å². The van der Waals surface area contributed by atoms with Crippen LogP contribution in [0.3, 0.4) is 0 Å². The first kappa shape index (κ1) is 23.4. The van der Waals surface area contributed by atoms with Gasteiger partial charge in [-0.05, 0) is 50.1 Å². The van der Waals surface area contributed by atoms with Gasteiger partial charge in [0, 0.05) is 38.4 Å². The van der Waals surface area contributed by atoms with Crippen LogP contribution in [0.2, 0.25) is 0 Å². The lowest BCUT2D eigenvalue weighted by molar-refractivity contribution is -0.138. The number of alkyl halides is 3. The summed E-state index contributed by atoms with van der Waals surface area (Å²) in [6.45, 7) is 5.78. The van der Waals surface area contributed by atoms with Gasteiger partial charge in [-0.1, -0.05) is 17.7 Å². The first-order valence-electron chi connectivity index (χ1n) is 10.8. The molecule has 2 aromatic carbocycles. The second kappa shape index (κ2) is 8.55. The van der Waals surface area contributed by atoms with Gasteiger partial charge >= 0.3 is 6.18 Å². The topological polar surface area (TPSA) is 60.9 Å². The average molecular weight is 482 g/mol. The van der Waals surface area contributed by atoms with Gasteiger partial charge in [-0.2, -0.15) is 13.2 Å². The Morgan fingerprint density at radius 2 is 1.64 bits per heavy atom. The normalized spacial score (nSPS) is 18.6. The second-order valence-electron chi connectivity index (χ2n) is 8.54. The molecule has 0 bridgehead atoms. The predicted molar refractivity (Wildman–Crippen MR) is 121 cm³/mol. The van der Waals surface area contributed by atoms with Crippen molar-refractivity contribution in [1.29, 1.82) is 0 Å². The van der Waals surface area contributed by atoms with Crippen molar-refractivity contribution in [2.24, 2.45) is 0 Å². The average Bonchev–Trinajstić information content (AvgIpc) is 3.11. The van der Waals surface area contributed by atoms with Gasteiger partial charge in [-0.25, -0.2) is 8.42 Å². The second-order valence-corrected chi connectivity index (χ2v) is 10.6. The van der Waals surface area contributed by atoms with Crippen molar-refractivity contribution in [3.8, 4) is 0 Å². The number of piperazine rings is 1. The zero-order valence-electron chi connectivity index (χ0n) is 18.5. The molecule has 0 radical (unpaired) electrons. The van der Waals surface area contributed by atoms with E-state index >= 15 is 0 Å². The van der Waals surface area contributed by atoms with Gasteiger partial charge in [-0.15, -0.1) is 0 Å². The molecule has 0 atom stereocenters. The number of halogens is 3. The molecule has 2 fully saturated rings. The van der Waals surface area contributed by atoms with Gasteiger partial charge < -0.3 is 9.80 Å². The first-order valence-corrected chi connectivity index (χ1v) is 12.4. The number of carbonyl (C=O) groups excluding carboxylic acids is 1. The molecule has 0 saturated carbocycles. The molecule has 2 saturated heterocycles. The number of anilines is 2. The van der Waals surface area contributed by atoms with E-state index in [2.05, 4.69) is 11.0 Å². The Morgan fingerprint density at radius 1 is 0.939 bits per heavy atom. The first-order chi connectivity index (χ1) is 15.5. The van der Waals surface area contributed by atoms with Gasteiger partial charge in [0.25, 0.3) is 5.91 Å². The summed E-state index contributed by atoms with van der Waals surface area (Å²) in [4.78, 5) is 16.6. The van der Waals surface area contributed by atoms with Crippen molar-refractivity contribution in [2.45, 2.75) is 26.4 Å². The summed E-state index contributed by atoms with van der Waals surface area (Å²) in [5.74, 6) is -0.793. The minimum Gasteiger partial charge on any atom is -0.368 e. The summed E-state index contributed by atoms with van der Waals surface area (Å²) in [6, 6.07) is 9.28. The van der Waals surface area contributed by atoms with E-state index in [1.54, 1.807) is 0 Å². The van der Waals surface area contributed by atoms with Crippen molar-refractivity contribution in [3.05, 3.63) is 58.7 Å². The molecule has 4 rings (SSSR count). The maximum absolute atomic E-state index is 13.8. The molecule has 2 aliphatic heterocycles. The number of hydrogen-bond acceptors (Lipinski definition) is 4. The number of hydrogen-bond donors (Lipinski definition) is 0. The standard InChI is InChI=1S/C23H26F3N3O3S/c1-16-4-7-21(17(2)14-16)27-9-11-28(12-10-27)22(30)19-6-5-18(15-20(19)23(24,25)26)29-8-3-13-33(29,31)32/h4-7,14-15H,3,8-13H2,1-2H3. The van der Waals surface area contributed by atoms with Crippen LogP contribution < -0.4 is 9.21 Å². The van der Waals surface area contributed by atoms with Gasteiger partial charge in [0.05, 0.1) is 22.6 Å². The monoisotopic (exact) mass is 481 g/mol. The molecule has 1 amide bonds. The van der Waals surface area contributed by atoms with E-state index < -0.39 is 33.2 Å². The van der Waals surface area contributed by atoms with Gasteiger partial charge in [-0.3, -0.25) is 9.10 Å². The van der Waals surface area contributed by atoms with Crippen molar-refractivity contribution in [3.63, 3.8) is 0 Å². The maximum Gasteiger partial charge on any atom is 0.417 e. The summed E-state index contributed by atoms with van der Waals surface area (Å²) in [6.07, 6.45) is -4.43. The van der Waals surface area contributed by atoms with Crippen LogP contribution in [0.4, 0.5) is 24.5 Å². The van der Waals surface area contributed by atoms with Gasteiger partial charge in [0.15, 0.2) is 0 Å². The highest BCUT2D eigenvalue weighted by Gasteiger charge is 2.39. The van der Waals surface area contributed by atoms with E-state index in [1.165, 1.54) is 11.0 Å². The fourth-order valence-corrected chi connectivity index (χ4v) is 6.08. The molecule has 0 spiro atoms. The number of nitrogens with zero attached hydrogens (tertiary/aromatic N) is 3. The lowest BCUT2D eigenvalue weighted by atomic mass is 10.0. The molecule has 6 nitrogen and oxygen atoms in total. The minimum atomic E-state index is -4.79. The molecule has 10 heteroatoms. The Bertz CT molecular complexity index is 1170. The van der Waals surface area contributed by atoms with Crippen LogP contribution in [-0.4, -0.2) is 57.7 Å². The highest BCUT2D eigenvalue weighted by molar-refractivity contribution is 7.93. The molecular weight excluding hydrogens is 455 g/mol. The summed E-state index contributed by atoms with van der Waals surface area (Å²) in [5.41, 5.74) is 1.69. The molecule has 2 heterocycles. The largest absolute Gasteiger partial charge is 0.417 e. The van der Waals surface area contributed by atoms with Crippen molar-refractivity contribution in [2.75, 3.05) is 47.7 Å². The summed E-state index contributed by atoms with van der Waals surface area (Å²) < 4.78 is 66.8. The fraction of sp³-hybridized carbons (Fsp3) is 0.435. The molecule has 178 valence electrons. The number of aryl methyl sites for hydroxylation is 2. The number of amides is 1. The van der Waals surface area contributed by atoms with E-state index in [9.17, 15) is 26.4 Å². The molecule has 0 aromatic heterocycles. The lowest BCUT2D eigenvalue weighted by Crippen LogP contribution is -2.49. The third-order valence-corrected chi connectivity index (χ3v) is 8.06. The van der Waals surface area contributed by atoms with Crippen LogP contribution in [0, 0.1) is 13.8 Å². The number of carbonyl (C=O) groups is 1. The predicted octanol–water partition coefficient (Wildman–Crippen LogP) is 3.82. The third kappa shape index (κ3) is 4.66. The molecule has 33 heavy (non-hydrogen) atoms.